The molecule has 7 heteroatoms. The summed E-state index contributed by atoms with van der Waals surface area (Å²) in [6, 6.07) is 17.5. The molecule has 0 bridgehead atoms. The molecule has 1 unspecified atom stereocenters. The first-order valence-corrected chi connectivity index (χ1v) is 10.0. The number of carbonyl (C=O) groups excluding carboxylic acids is 1. The summed E-state index contributed by atoms with van der Waals surface area (Å²) in [6.07, 6.45) is 0.0225. The van der Waals surface area contributed by atoms with Gasteiger partial charge in [-0.25, -0.2) is 4.68 Å². The molecule has 2 N–H and O–H groups in total. The first-order valence-electron chi connectivity index (χ1n) is 10.0. The quantitative estimate of drug-likeness (QED) is 0.629. The van der Waals surface area contributed by atoms with Crippen LogP contribution in [0.3, 0.4) is 0 Å². The lowest BCUT2D eigenvalue weighted by atomic mass is 10.1. The van der Waals surface area contributed by atoms with E-state index in [1.165, 1.54) is 0 Å². The summed E-state index contributed by atoms with van der Waals surface area (Å²) < 4.78 is 12.7. The van der Waals surface area contributed by atoms with Crippen LogP contribution in [0.25, 0.3) is 11.3 Å². The van der Waals surface area contributed by atoms with E-state index in [0.717, 1.165) is 28.3 Å². The van der Waals surface area contributed by atoms with Crippen LogP contribution in [0.1, 0.15) is 36.1 Å². The lowest BCUT2D eigenvalue weighted by Gasteiger charge is -2.25. The Morgan fingerprint density at radius 1 is 1.13 bits per heavy atom. The molecular weight excluding hydrogens is 380 g/mol. The van der Waals surface area contributed by atoms with Crippen LogP contribution in [0.4, 0.5) is 0 Å². The van der Waals surface area contributed by atoms with E-state index < -0.39 is 0 Å². The zero-order chi connectivity index (χ0) is 21.1. The predicted molar refractivity (Wildman–Crippen MR) is 115 cm³/mol. The molecule has 0 spiro atoms. The summed E-state index contributed by atoms with van der Waals surface area (Å²) >= 11 is 0. The summed E-state index contributed by atoms with van der Waals surface area (Å²) in [7, 11) is 1.63. The fourth-order valence-electron chi connectivity index (χ4n) is 3.42. The van der Waals surface area contributed by atoms with E-state index in [-0.39, 0.29) is 18.2 Å². The van der Waals surface area contributed by atoms with Gasteiger partial charge < -0.3 is 14.8 Å². The molecule has 1 aromatic heterocycles. The third-order valence-electron chi connectivity index (χ3n) is 4.94. The zero-order valence-corrected chi connectivity index (χ0v) is 17.4. The summed E-state index contributed by atoms with van der Waals surface area (Å²) in [5.74, 6) is 1.53. The van der Waals surface area contributed by atoms with Crippen LogP contribution < -0.4 is 20.1 Å². The van der Waals surface area contributed by atoms with Gasteiger partial charge in [0.1, 0.15) is 23.4 Å². The van der Waals surface area contributed by atoms with Crippen molar-refractivity contribution in [3.8, 4) is 22.8 Å². The topological polar surface area (TPSA) is 77.4 Å². The van der Waals surface area contributed by atoms with Crippen molar-refractivity contribution < 1.29 is 14.3 Å². The molecule has 2 aromatic carbocycles. The lowest BCUT2D eigenvalue weighted by molar-refractivity contribution is 0.0900. The maximum Gasteiger partial charge on any atom is 0.269 e. The minimum Gasteiger partial charge on any atom is -0.497 e. The zero-order valence-electron chi connectivity index (χ0n) is 17.4. The molecule has 1 amide bonds. The van der Waals surface area contributed by atoms with E-state index in [1.54, 1.807) is 11.8 Å². The normalized spacial score (nSPS) is 15.6. The van der Waals surface area contributed by atoms with Gasteiger partial charge in [-0.2, -0.15) is 5.10 Å². The summed E-state index contributed by atoms with van der Waals surface area (Å²) in [5, 5.41) is 11.1. The summed E-state index contributed by atoms with van der Waals surface area (Å²) in [6.45, 7) is 5.15. The molecule has 30 heavy (non-hydrogen) atoms. The Kier molecular flexibility index (Phi) is 5.72. The molecule has 2 heterocycles. The highest BCUT2D eigenvalue weighted by Gasteiger charge is 2.27. The molecular formula is C23H26N4O3. The maximum absolute atomic E-state index is 12.3. The number of nitrogens with zero attached hydrogens (tertiary/aromatic N) is 2. The average molecular weight is 406 g/mol. The number of aromatic nitrogens is 2. The van der Waals surface area contributed by atoms with Crippen LogP contribution in [-0.4, -0.2) is 35.4 Å². The molecule has 4 rings (SSSR count). The molecule has 0 fully saturated rings. The van der Waals surface area contributed by atoms with Gasteiger partial charge in [-0.05, 0) is 61.9 Å². The Morgan fingerprint density at radius 3 is 2.50 bits per heavy atom. The number of benzene rings is 2. The molecule has 1 aliphatic heterocycles. The standard InChI is InChI=1S/C23H26N4O3/c1-15(2)30-19-8-4-16(5-9-19)13-24-22-14-25-23(28)21-12-20(26-27(21)22)17-6-10-18(29-3)11-7-17/h4-12,15,22,24H,13-14H2,1-3H3,(H,25,28). The number of hydrogen-bond donors (Lipinski definition) is 2. The van der Waals surface area contributed by atoms with Gasteiger partial charge in [-0.3, -0.25) is 10.1 Å². The Bertz CT molecular complexity index is 1010. The van der Waals surface area contributed by atoms with Gasteiger partial charge in [0, 0.05) is 12.1 Å². The second-order valence-corrected chi connectivity index (χ2v) is 7.51. The third kappa shape index (κ3) is 4.31. The highest BCUT2D eigenvalue weighted by Crippen LogP contribution is 2.25. The second-order valence-electron chi connectivity index (χ2n) is 7.51. The van der Waals surface area contributed by atoms with E-state index in [0.29, 0.717) is 18.8 Å². The van der Waals surface area contributed by atoms with Crippen molar-refractivity contribution in [2.45, 2.75) is 32.7 Å². The Morgan fingerprint density at radius 2 is 1.83 bits per heavy atom. The van der Waals surface area contributed by atoms with Crippen molar-refractivity contribution in [1.82, 2.24) is 20.4 Å². The van der Waals surface area contributed by atoms with Crippen molar-refractivity contribution >= 4 is 5.91 Å². The Hall–Kier alpha value is -3.32. The Balaban J connectivity index is 1.49. The predicted octanol–water partition coefficient (Wildman–Crippen LogP) is 3.38. The van der Waals surface area contributed by atoms with Gasteiger partial charge in [0.15, 0.2) is 0 Å². The number of carbonyl (C=O) groups is 1. The Labute approximate surface area is 176 Å². The van der Waals surface area contributed by atoms with E-state index >= 15 is 0 Å². The number of nitrogens with one attached hydrogen (secondary N) is 2. The molecule has 3 aromatic rings. The molecule has 0 radical (unpaired) electrons. The van der Waals surface area contributed by atoms with Crippen molar-refractivity contribution in [2.75, 3.05) is 13.7 Å². The fraction of sp³-hybridized carbons (Fsp3) is 0.304. The SMILES string of the molecule is COc1ccc(-c2cc3n(n2)C(NCc2ccc(OC(C)C)cc2)CNC3=O)cc1. The number of rotatable bonds is 7. The average Bonchev–Trinajstić information content (AvgIpc) is 3.21. The van der Waals surface area contributed by atoms with Gasteiger partial charge in [0.25, 0.3) is 5.91 Å². The first kappa shape index (κ1) is 20.0. The summed E-state index contributed by atoms with van der Waals surface area (Å²) in [5.41, 5.74) is 3.37. The van der Waals surface area contributed by atoms with Crippen LogP contribution in [0.15, 0.2) is 54.6 Å². The van der Waals surface area contributed by atoms with Crippen molar-refractivity contribution in [1.29, 1.82) is 0 Å². The molecule has 1 aliphatic rings. The van der Waals surface area contributed by atoms with Crippen LogP contribution in [-0.2, 0) is 6.54 Å². The van der Waals surface area contributed by atoms with Crippen LogP contribution in [0.5, 0.6) is 11.5 Å². The number of fused-ring (bicyclic) bond motifs is 1. The monoisotopic (exact) mass is 406 g/mol. The molecule has 0 aliphatic carbocycles. The number of methoxy groups -OCH3 is 1. The molecule has 7 nitrogen and oxygen atoms in total. The van der Waals surface area contributed by atoms with Gasteiger partial charge in [0.2, 0.25) is 0 Å². The third-order valence-corrected chi connectivity index (χ3v) is 4.94. The van der Waals surface area contributed by atoms with E-state index in [1.807, 2.05) is 68.4 Å². The van der Waals surface area contributed by atoms with Gasteiger partial charge in [-0.1, -0.05) is 12.1 Å². The lowest BCUT2D eigenvalue weighted by Crippen LogP contribution is -2.45. The minimum atomic E-state index is -0.128. The first-order chi connectivity index (χ1) is 14.5. The minimum absolute atomic E-state index is 0.115. The van der Waals surface area contributed by atoms with Gasteiger partial charge in [-0.15, -0.1) is 0 Å². The van der Waals surface area contributed by atoms with Crippen molar-refractivity contribution in [3.63, 3.8) is 0 Å². The van der Waals surface area contributed by atoms with Crippen molar-refractivity contribution in [3.05, 3.63) is 65.9 Å². The fourth-order valence-corrected chi connectivity index (χ4v) is 3.42. The number of ether oxygens (including phenoxy) is 2. The van der Waals surface area contributed by atoms with E-state index in [9.17, 15) is 4.79 Å². The molecule has 0 saturated heterocycles. The maximum atomic E-state index is 12.3. The van der Waals surface area contributed by atoms with Crippen LogP contribution in [0, 0.1) is 0 Å². The van der Waals surface area contributed by atoms with Crippen LogP contribution >= 0.6 is 0 Å². The van der Waals surface area contributed by atoms with E-state index in [4.69, 9.17) is 14.6 Å². The molecule has 1 atom stereocenters. The second kappa shape index (κ2) is 8.59. The highest BCUT2D eigenvalue weighted by atomic mass is 16.5. The summed E-state index contributed by atoms with van der Waals surface area (Å²) in [4.78, 5) is 12.3. The van der Waals surface area contributed by atoms with Crippen LogP contribution in [0.2, 0.25) is 0 Å². The molecule has 156 valence electrons. The number of amides is 1. The smallest absolute Gasteiger partial charge is 0.269 e. The molecule has 0 saturated carbocycles. The highest BCUT2D eigenvalue weighted by molar-refractivity contribution is 5.94. The van der Waals surface area contributed by atoms with Gasteiger partial charge >= 0.3 is 0 Å². The largest absolute Gasteiger partial charge is 0.497 e. The van der Waals surface area contributed by atoms with Crippen molar-refractivity contribution in [2.24, 2.45) is 0 Å². The van der Waals surface area contributed by atoms with Gasteiger partial charge in [0.05, 0.1) is 25.5 Å². The van der Waals surface area contributed by atoms with E-state index in [2.05, 4.69) is 10.6 Å². The number of hydrogen-bond acceptors (Lipinski definition) is 5.